The van der Waals surface area contributed by atoms with Crippen LogP contribution in [0.4, 0.5) is 5.69 Å². The highest BCUT2D eigenvalue weighted by atomic mass is 32.2. The number of aryl methyl sites for hydroxylation is 2. The average Bonchev–Trinajstić information content (AvgIpc) is 2.56. The molecule has 0 atom stereocenters. The number of carbonyl (C=O) groups is 2. The zero-order chi connectivity index (χ0) is 17.2. The Morgan fingerprint density at radius 2 is 1.57 bits per heavy atom. The van der Waals surface area contributed by atoms with Gasteiger partial charge in [0.2, 0.25) is 11.8 Å². The second kappa shape index (κ2) is 10.3. The fraction of sp³-hybridized carbons (Fsp3) is 0.556. The highest BCUT2D eigenvalue weighted by Crippen LogP contribution is 2.22. The van der Waals surface area contributed by atoms with Crippen molar-refractivity contribution < 1.29 is 9.59 Å². The minimum absolute atomic E-state index is 0.0436. The van der Waals surface area contributed by atoms with Gasteiger partial charge < -0.3 is 10.2 Å². The number of nitrogens with one attached hydrogen (secondary N) is 1. The largest absolute Gasteiger partial charge is 0.343 e. The van der Waals surface area contributed by atoms with E-state index in [9.17, 15) is 9.59 Å². The van der Waals surface area contributed by atoms with Gasteiger partial charge in [0.1, 0.15) is 0 Å². The average molecular weight is 337 g/mol. The molecule has 0 radical (unpaired) electrons. The molecule has 2 amide bonds. The van der Waals surface area contributed by atoms with Crippen molar-refractivity contribution in [2.24, 2.45) is 0 Å². The standard InChI is InChI=1S/C18H28N2O2S/c1-5-14-10-9-11-15(6-2)18(14)19-16(21)12-23-13-17(22)20(7-3)8-4/h9-11H,5-8,12-13H2,1-4H3,(H,19,21). The smallest absolute Gasteiger partial charge is 0.234 e. The summed E-state index contributed by atoms with van der Waals surface area (Å²) in [6.45, 7) is 9.53. The number of benzene rings is 1. The summed E-state index contributed by atoms with van der Waals surface area (Å²) in [5.74, 6) is 0.702. The number of hydrogen-bond donors (Lipinski definition) is 1. The number of hydrogen-bond acceptors (Lipinski definition) is 3. The van der Waals surface area contributed by atoms with E-state index in [-0.39, 0.29) is 11.8 Å². The molecule has 4 nitrogen and oxygen atoms in total. The van der Waals surface area contributed by atoms with Crippen molar-refractivity contribution in [3.8, 4) is 0 Å². The van der Waals surface area contributed by atoms with Crippen LogP contribution in [-0.4, -0.2) is 41.3 Å². The van der Waals surface area contributed by atoms with Gasteiger partial charge in [-0.05, 0) is 37.8 Å². The minimum atomic E-state index is -0.0436. The molecule has 0 aromatic heterocycles. The molecule has 5 heteroatoms. The third-order valence-corrected chi connectivity index (χ3v) is 4.76. The van der Waals surface area contributed by atoms with E-state index in [2.05, 4.69) is 19.2 Å². The summed E-state index contributed by atoms with van der Waals surface area (Å²) in [5.41, 5.74) is 3.25. The molecule has 1 N–H and O–H groups in total. The van der Waals surface area contributed by atoms with Gasteiger partial charge in [0, 0.05) is 18.8 Å². The molecule has 0 saturated carbocycles. The fourth-order valence-electron chi connectivity index (χ4n) is 2.48. The van der Waals surface area contributed by atoms with Gasteiger partial charge >= 0.3 is 0 Å². The second-order valence-corrected chi connectivity index (χ2v) is 6.25. The molecule has 0 aliphatic carbocycles. The van der Waals surface area contributed by atoms with Crippen molar-refractivity contribution in [1.29, 1.82) is 0 Å². The molecule has 0 aliphatic heterocycles. The minimum Gasteiger partial charge on any atom is -0.343 e. The molecule has 0 heterocycles. The molecule has 0 unspecified atom stereocenters. The highest BCUT2D eigenvalue weighted by molar-refractivity contribution is 8.00. The third-order valence-electron chi connectivity index (χ3n) is 3.84. The Labute approximate surface area is 144 Å². The summed E-state index contributed by atoms with van der Waals surface area (Å²) in [4.78, 5) is 25.9. The Bertz CT molecular complexity index is 506. The Balaban J connectivity index is 2.56. The van der Waals surface area contributed by atoms with Gasteiger partial charge in [-0.3, -0.25) is 9.59 Å². The van der Waals surface area contributed by atoms with Crippen LogP contribution in [0.15, 0.2) is 18.2 Å². The van der Waals surface area contributed by atoms with Crippen LogP contribution < -0.4 is 5.32 Å². The van der Waals surface area contributed by atoms with Gasteiger partial charge in [0.15, 0.2) is 0 Å². The van der Waals surface area contributed by atoms with Gasteiger partial charge in [-0.1, -0.05) is 32.0 Å². The number of rotatable bonds is 9. The number of anilines is 1. The van der Waals surface area contributed by atoms with Gasteiger partial charge in [0.25, 0.3) is 0 Å². The van der Waals surface area contributed by atoms with Crippen LogP contribution in [0.3, 0.4) is 0 Å². The first-order chi connectivity index (χ1) is 11.1. The monoisotopic (exact) mass is 336 g/mol. The third kappa shape index (κ3) is 5.90. The van der Waals surface area contributed by atoms with Crippen LogP contribution in [-0.2, 0) is 22.4 Å². The van der Waals surface area contributed by atoms with E-state index in [1.54, 1.807) is 4.90 Å². The topological polar surface area (TPSA) is 49.4 Å². The summed E-state index contributed by atoms with van der Waals surface area (Å²) < 4.78 is 0. The Hall–Kier alpha value is -1.49. The van der Waals surface area contributed by atoms with E-state index in [0.29, 0.717) is 24.6 Å². The maximum absolute atomic E-state index is 12.2. The first-order valence-corrected chi connectivity index (χ1v) is 9.48. The molecule has 0 saturated heterocycles. The van der Waals surface area contributed by atoms with Gasteiger partial charge in [-0.15, -0.1) is 11.8 Å². The zero-order valence-corrected chi connectivity index (χ0v) is 15.5. The van der Waals surface area contributed by atoms with Crippen molar-refractivity contribution in [2.45, 2.75) is 40.5 Å². The molecule has 1 aromatic carbocycles. The van der Waals surface area contributed by atoms with Crippen LogP contribution >= 0.6 is 11.8 Å². The molecule has 0 aliphatic rings. The van der Waals surface area contributed by atoms with Gasteiger partial charge in [-0.2, -0.15) is 0 Å². The van der Waals surface area contributed by atoms with E-state index in [0.717, 1.165) is 29.7 Å². The predicted molar refractivity (Wildman–Crippen MR) is 99.1 cm³/mol. The van der Waals surface area contributed by atoms with Crippen LogP contribution in [0.5, 0.6) is 0 Å². The molecular formula is C18H28N2O2S. The molecule has 0 spiro atoms. The summed E-state index contributed by atoms with van der Waals surface area (Å²) in [5, 5.41) is 3.03. The maximum Gasteiger partial charge on any atom is 0.234 e. The van der Waals surface area contributed by atoms with Crippen molar-refractivity contribution in [3.63, 3.8) is 0 Å². The van der Waals surface area contributed by atoms with E-state index in [1.165, 1.54) is 11.8 Å². The lowest BCUT2D eigenvalue weighted by molar-refractivity contribution is -0.127. The number of amides is 2. The second-order valence-electron chi connectivity index (χ2n) is 5.27. The summed E-state index contributed by atoms with van der Waals surface area (Å²) >= 11 is 1.37. The molecule has 23 heavy (non-hydrogen) atoms. The summed E-state index contributed by atoms with van der Waals surface area (Å²) in [7, 11) is 0. The molecule has 1 aromatic rings. The predicted octanol–water partition coefficient (Wildman–Crippen LogP) is 3.35. The van der Waals surface area contributed by atoms with Crippen LogP contribution in [0, 0.1) is 0 Å². The maximum atomic E-state index is 12.2. The lowest BCUT2D eigenvalue weighted by atomic mass is 10.0. The van der Waals surface area contributed by atoms with E-state index < -0.39 is 0 Å². The molecule has 1 rings (SSSR count). The van der Waals surface area contributed by atoms with Crippen LogP contribution in [0.1, 0.15) is 38.8 Å². The van der Waals surface area contributed by atoms with Crippen molar-refractivity contribution in [1.82, 2.24) is 4.90 Å². The number of thioether (sulfide) groups is 1. The zero-order valence-electron chi connectivity index (χ0n) is 14.6. The quantitative estimate of drug-likeness (QED) is 0.752. The Morgan fingerprint density at radius 1 is 1.00 bits per heavy atom. The molecule has 128 valence electrons. The lowest BCUT2D eigenvalue weighted by Gasteiger charge is -2.18. The number of para-hydroxylation sites is 1. The van der Waals surface area contributed by atoms with Gasteiger partial charge in [0.05, 0.1) is 11.5 Å². The van der Waals surface area contributed by atoms with E-state index in [4.69, 9.17) is 0 Å². The van der Waals surface area contributed by atoms with Crippen molar-refractivity contribution in [2.75, 3.05) is 29.9 Å². The molecule has 0 fully saturated rings. The fourth-order valence-corrected chi connectivity index (χ4v) is 3.19. The summed E-state index contributed by atoms with van der Waals surface area (Å²) in [6.07, 6.45) is 1.77. The normalized spacial score (nSPS) is 10.4. The van der Waals surface area contributed by atoms with Crippen LogP contribution in [0.25, 0.3) is 0 Å². The van der Waals surface area contributed by atoms with Crippen molar-refractivity contribution in [3.05, 3.63) is 29.3 Å². The Morgan fingerprint density at radius 3 is 2.04 bits per heavy atom. The summed E-state index contributed by atoms with van der Waals surface area (Å²) in [6, 6.07) is 6.13. The van der Waals surface area contributed by atoms with Crippen molar-refractivity contribution >= 4 is 29.3 Å². The highest BCUT2D eigenvalue weighted by Gasteiger charge is 2.13. The SMILES string of the molecule is CCc1cccc(CC)c1NC(=O)CSCC(=O)N(CC)CC. The number of nitrogens with zero attached hydrogens (tertiary/aromatic N) is 1. The first kappa shape index (κ1) is 19.6. The van der Waals surface area contributed by atoms with Crippen LogP contribution in [0.2, 0.25) is 0 Å². The Kier molecular flexibility index (Phi) is 8.77. The number of carbonyl (C=O) groups excluding carboxylic acids is 2. The molecular weight excluding hydrogens is 308 g/mol. The first-order valence-electron chi connectivity index (χ1n) is 8.33. The van der Waals surface area contributed by atoms with E-state index >= 15 is 0 Å². The van der Waals surface area contributed by atoms with Gasteiger partial charge in [-0.25, -0.2) is 0 Å². The molecule has 0 bridgehead atoms. The van der Waals surface area contributed by atoms with E-state index in [1.807, 2.05) is 32.0 Å². The lowest BCUT2D eigenvalue weighted by Crippen LogP contribution is -2.32.